The van der Waals surface area contributed by atoms with Crippen molar-refractivity contribution < 1.29 is 9.90 Å². The van der Waals surface area contributed by atoms with E-state index in [1.165, 1.54) is 6.07 Å². The Kier molecular flexibility index (Phi) is 1.55. The molecule has 66 valence electrons. The minimum absolute atomic E-state index is 0.156. The third kappa shape index (κ3) is 1.07. The molecular formula is C9H8N2O2. The third-order valence-electron chi connectivity index (χ3n) is 2.00. The molecule has 1 N–H and O–H groups in total. The quantitative estimate of drug-likeness (QED) is 0.662. The standard InChI is InChI=1S/C9H8N2O2/c1-11-8-3-2-6(13)4-7(8)10-9(11)5-12/h2-5,13H,1H3. The molecule has 0 aliphatic heterocycles. The number of phenolic OH excluding ortho intramolecular Hbond substituents is 1. The summed E-state index contributed by atoms with van der Waals surface area (Å²) in [5.41, 5.74) is 1.46. The molecule has 0 bridgehead atoms. The molecule has 0 unspecified atom stereocenters. The topological polar surface area (TPSA) is 55.1 Å². The number of nitrogens with zero attached hydrogens (tertiary/aromatic N) is 2. The van der Waals surface area contributed by atoms with Crippen LogP contribution in [0.4, 0.5) is 0 Å². The molecule has 0 aliphatic carbocycles. The predicted octanol–water partition coefficient (Wildman–Crippen LogP) is 1.09. The van der Waals surface area contributed by atoms with Gasteiger partial charge in [0.15, 0.2) is 12.1 Å². The normalized spacial score (nSPS) is 10.5. The van der Waals surface area contributed by atoms with Crippen molar-refractivity contribution in [3.05, 3.63) is 24.0 Å². The Balaban J connectivity index is 2.83. The van der Waals surface area contributed by atoms with Crippen molar-refractivity contribution in [2.45, 2.75) is 0 Å². The Morgan fingerprint density at radius 2 is 2.31 bits per heavy atom. The molecule has 2 aromatic rings. The zero-order valence-electron chi connectivity index (χ0n) is 7.06. The van der Waals surface area contributed by atoms with Gasteiger partial charge in [0.2, 0.25) is 0 Å². The van der Waals surface area contributed by atoms with E-state index in [0.29, 0.717) is 17.6 Å². The number of benzene rings is 1. The maximum absolute atomic E-state index is 10.5. The lowest BCUT2D eigenvalue weighted by Gasteiger charge is -1.94. The molecule has 0 saturated carbocycles. The van der Waals surface area contributed by atoms with Crippen molar-refractivity contribution >= 4 is 17.3 Å². The van der Waals surface area contributed by atoms with Gasteiger partial charge in [0.1, 0.15) is 5.75 Å². The van der Waals surface area contributed by atoms with Gasteiger partial charge < -0.3 is 9.67 Å². The van der Waals surface area contributed by atoms with Gasteiger partial charge in [0, 0.05) is 13.1 Å². The van der Waals surface area contributed by atoms with Gasteiger partial charge in [-0.1, -0.05) is 0 Å². The van der Waals surface area contributed by atoms with E-state index in [-0.39, 0.29) is 5.75 Å². The molecule has 0 atom stereocenters. The Morgan fingerprint density at radius 1 is 1.54 bits per heavy atom. The van der Waals surface area contributed by atoms with Crippen LogP contribution in [-0.4, -0.2) is 20.9 Å². The summed E-state index contributed by atoms with van der Waals surface area (Å²) >= 11 is 0. The number of hydrogen-bond donors (Lipinski definition) is 1. The zero-order chi connectivity index (χ0) is 9.42. The summed E-state index contributed by atoms with van der Waals surface area (Å²) in [7, 11) is 1.76. The van der Waals surface area contributed by atoms with Crippen LogP contribution in [0.1, 0.15) is 10.6 Å². The SMILES string of the molecule is Cn1c(C=O)nc2cc(O)ccc21. The second-order valence-corrected chi connectivity index (χ2v) is 2.82. The summed E-state index contributed by atoms with van der Waals surface area (Å²) in [4.78, 5) is 14.6. The van der Waals surface area contributed by atoms with E-state index in [1.54, 1.807) is 23.7 Å². The second kappa shape index (κ2) is 2.58. The van der Waals surface area contributed by atoms with Crippen molar-refractivity contribution in [2.24, 2.45) is 7.05 Å². The monoisotopic (exact) mass is 176 g/mol. The average molecular weight is 176 g/mol. The summed E-state index contributed by atoms with van der Waals surface area (Å²) < 4.78 is 1.68. The number of rotatable bonds is 1. The highest BCUT2D eigenvalue weighted by molar-refractivity contribution is 5.83. The van der Waals surface area contributed by atoms with Crippen molar-refractivity contribution in [2.75, 3.05) is 0 Å². The highest BCUT2D eigenvalue weighted by atomic mass is 16.3. The van der Waals surface area contributed by atoms with E-state index in [4.69, 9.17) is 5.11 Å². The van der Waals surface area contributed by atoms with Crippen molar-refractivity contribution in [3.8, 4) is 5.75 Å². The summed E-state index contributed by atoms with van der Waals surface area (Å²) in [5, 5.41) is 9.17. The zero-order valence-corrected chi connectivity index (χ0v) is 7.06. The Bertz CT molecular complexity index is 474. The van der Waals surface area contributed by atoms with Gasteiger partial charge in [-0.2, -0.15) is 0 Å². The Labute approximate surface area is 74.4 Å². The maximum Gasteiger partial charge on any atom is 0.185 e. The molecule has 4 nitrogen and oxygen atoms in total. The smallest absolute Gasteiger partial charge is 0.185 e. The number of imidazole rings is 1. The fourth-order valence-electron chi connectivity index (χ4n) is 1.31. The molecule has 0 spiro atoms. The first-order valence-corrected chi connectivity index (χ1v) is 3.83. The number of aldehydes is 1. The second-order valence-electron chi connectivity index (χ2n) is 2.82. The first-order chi connectivity index (χ1) is 6.22. The van der Waals surface area contributed by atoms with E-state index in [1.807, 2.05) is 0 Å². The first-order valence-electron chi connectivity index (χ1n) is 3.83. The highest BCUT2D eigenvalue weighted by Gasteiger charge is 2.06. The fraction of sp³-hybridized carbons (Fsp3) is 0.111. The Hall–Kier alpha value is -1.84. The summed E-state index contributed by atoms with van der Waals surface area (Å²) in [6.07, 6.45) is 0.692. The van der Waals surface area contributed by atoms with Crippen LogP contribution in [0.15, 0.2) is 18.2 Å². The minimum Gasteiger partial charge on any atom is -0.508 e. The number of aryl methyl sites for hydroxylation is 1. The number of carbonyl (C=O) groups is 1. The molecule has 0 amide bonds. The molecule has 1 aromatic carbocycles. The molecule has 2 rings (SSSR count). The van der Waals surface area contributed by atoms with Gasteiger partial charge in [-0.25, -0.2) is 4.98 Å². The first kappa shape index (κ1) is 7.79. The van der Waals surface area contributed by atoms with E-state index >= 15 is 0 Å². The number of aromatic nitrogens is 2. The van der Waals surface area contributed by atoms with Crippen LogP contribution >= 0.6 is 0 Å². The van der Waals surface area contributed by atoms with Crippen molar-refractivity contribution in [1.82, 2.24) is 9.55 Å². The number of phenols is 1. The summed E-state index contributed by atoms with van der Waals surface area (Å²) in [6.45, 7) is 0. The van der Waals surface area contributed by atoms with Crippen molar-refractivity contribution in [1.29, 1.82) is 0 Å². The van der Waals surface area contributed by atoms with E-state index < -0.39 is 0 Å². The van der Waals surface area contributed by atoms with Gasteiger partial charge in [0.25, 0.3) is 0 Å². The van der Waals surface area contributed by atoms with Gasteiger partial charge in [-0.3, -0.25) is 4.79 Å². The molecular weight excluding hydrogens is 168 g/mol. The molecule has 4 heteroatoms. The summed E-state index contributed by atoms with van der Waals surface area (Å²) in [5.74, 6) is 0.517. The van der Waals surface area contributed by atoms with Crippen LogP contribution in [0, 0.1) is 0 Å². The van der Waals surface area contributed by atoms with Crippen LogP contribution in [0.3, 0.4) is 0 Å². The van der Waals surface area contributed by atoms with Crippen LogP contribution in [-0.2, 0) is 7.05 Å². The highest BCUT2D eigenvalue weighted by Crippen LogP contribution is 2.19. The molecule has 0 saturated heterocycles. The van der Waals surface area contributed by atoms with E-state index in [2.05, 4.69) is 4.98 Å². The number of fused-ring (bicyclic) bond motifs is 1. The maximum atomic E-state index is 10.5. The molecule has 0 aliphatic rings. The largest absolute Gasteiger partial charge is 0.508 e. The van der Waals surface area contributed by atoms with Crippen LogP contribution in [0.5, 0.6) is 5.75 Å². The lowest BCUT2D eigenvalue weighted by molar-refractivity contribution is 0.111. The van der Waals surface area contributed by atoms with Crippen LogP contribution < -0.4 is 0 Å². The molecule has 1 heterocycles. The third-order valence-corrected chi connectivity index (χ3v) is 2.00. The van der Waals surface area contributed by atoms with Gasteiger partial charge in [-0.05, 0) is 12.1 Å². The number of hydrogen-bond acceptors (Lipinski definition) is 3. The lowest BCUT2D eigenvalue weighted by atomic mass is 10.3. The minimum atomic E-state index is 0.156. The number of aromatic hydroxyl groups is 1. The number of carbonyl (C=O) groups excluding carboxylic acids is 1. The van der Waals surface area contributed by atoms with Gasteiger partial charge >= 0.3 is 0 Å². The molecule has 13 heavy (non-hydrogen) atoms. The lowest BCUT2D eigenvalue weighted by Crippen LogP contribution is -1.94. The van der Waals surface area contributed by atoms with E-state index in [0.717, 1.165) is 5.52 Å². The van der Waals surface area contributed by atoms with Crippen LogP contribution in [0.25, 0.3) is 11.0 Å². The van der Waals surface area contributed by atoms with Crippen LogP contribution in [0.2, 0.25) is 0 Å². The van der Waals surface area contributed by atoms with Gasteiger partial charge in [0.05, 0.1) is 11.0 Å². The fourth-order valence-corrected chi connectivity index (χ4v) is 1.31. The average Bonchev–Trinajstić information content (AvgIpc) is 2.42. The predicted molar refractivity (Wildman–Crippen MR) is 47.8 cm³/mol. The molecule has 1 aromatic heterocycles. The molecule has 0 fully saturated rings. The van der Waals surface area contributed by atoms with Crippen molar-refractivity contribution in [3.63, 3.8) is 0 Å². The summed E-state index contributed by atoms with van der Waals surface area (Å²) in [6, 6.07) is 4.82. The Morgan fingerprint density at radius 3 is 3.00 bits per heavy atom. The van der Waals surface area contributed by atoms with Gasteiger partial charge in [-0.15, -0.1) is 0 Å². The van der Waals surface area contributed by atoms with E-state index in [9.17, 15) is 4.79 Å². The molecule has 0 radical (unpaired) electrons.